The zero-order valence-corrected chi connectivity index (χ0v) is 23.5. The van der Waals surface area contributed by atoms with E-state index in [1.807, 2.05) is 0 Å². The summed E-state index contributed by atoms with van der Waals surface area (Å²) in [5.74, 6) is 0. The smallest absolute Gasteiger partial charge is 0.125 e. The summed E-state index contributed by atoms with van der Waals surface area (Å²) in [5.41, 5.74) is -1.32. The summed E-state index contributed by atoms with van der Waals surface area (Å²) in [5, 5.41) is 12.3. The van der Waals surface area contributed by atoms with Crippen molar-refractivity contribution in [1.29, 1.82) is 0 Å². The molecule has 0 radical (unpaired) electrons. The Morgan fingerprint density at radius 3 is 1.20 bits per heavy atom. The summed E-state index contributed by atoms with van der Waals surface area (Å²) in [6, 6.07) is 0. The molecular formula is C29H56O6. The Morgan fingerprint density at radius 1 is 0.571 bits per heavy atom. The van der Waals surface area contributed by atoms with Crippen molar-refractivity contribution in [2.45, 2.75) is 141 Å². The topological polar surface area (TPSA) is 66.4 Å². The molecule has 0 spiro atoms. The predicted molar refractivity (Wildman–Crippen MR) is 143 cm³/mol. The molecule has 0 heterocycles. The monoisotopic (exact) mass is 500 g/mol. The third-order valence-corrected chi connectivity index (χ3v) is 6.72. The molecule has 1 saturated carbocycles. The van der Waals surface area contributed by atoms with E-state index >= 15 is 0 Å². The zero-order valence-electron chi connectivity index (χ0n) is 23.5. The van der Waals surface area contributed by atoms with E-state index in [9.17, 15) is 5.11 Å². The Hall–Kier alpha value is -0.500. The lowest BCUT2D eigenvalue weighted by Crippen LogP contribution is -2.73. The Morgan fingerprint density at radius 2 is 0.886 bits per heavy atom. The predicted octanol–water partition coefficient (Wildman–Crippen LogP) is 6.23. The summed E-state index contributed by atoms with van der Waals surface area (Å²) in [6.07, 6.45) is 9.47. The molecule has 0 saturated heterocycles. The maximum Gasteiger partial charge on any atom is 0.125 e. The number of rotatable bonds is 22. The Kier molecular flexibility index (Phi) is 18.2. The molecule has 0 aromatic carbocycles. The van der Waals surface area contributed by atoms with Crippen LogP contribution in [0.3, 0.4) is 0 Å². The minimum atomic E-state index is -1.32. The molecule has 208 valence electrons. The quantitative estimate of drug-likeness (QED) is 0.140. The van der Waals surface area contributed by atoms with Crippen LogP contribution in [-0.2, 0) is 23.7 Å². The largest absolute Gasteiger partial charge is 0.384 e. The molecular weight excluding hydrogens is 444 g/mol. The highest BCUT2D eigenvalue weighted by Crippen LogP contribution is 2.41. The normalized spacial score (nSPS) is 28.9. The average Bonchev–Trinajstić information content (AvgIpc) is 2.84. The van der Waals surface area contributed by atoms with E-state index in [1.165, 1.54) is 0 Å². The highest BCUT2D eigenvalue weighted by atomic mass is 16.6. The van der Waals surface area contributed by atoms with Gasteiger partial charge in [0.2, 0.25) is 0 Å². The molecule has 6 heteroatoms. The minimum Gasteiger partial charge on any atom is -0.384 e. The van der Waals surface area contributed by atoms with Gasteiger partial charge in [-0.1, -0.05) is 72.8 Å². The van der Waals surface area contributed by atoms with Crippen molar-refractivity contribution in [2.75, 3.05) is 33.0 Å². The van der Waals surface area contributed by atoms with Crippen LogP contribution in [0.5, 0.6) is 0 Å². The van der Waals surface area contributed by atoms with Gasteiger partial charge in [-0.2, -0.15) is 0 Å². The van der Waals surface area contributed by atoms with Crippen LogP contribution in [-0.4, -0.2) is 74.3 Å². The average molecular weight is 501 g/mol. The van der Waals surface area contributed by atoms with E-state index in [1.54, 1.807) is 6.08 Å². The summed E-state index contributed by atoms with van der Waals surface area (Å²) in [4.78, 5) is 0. The van der Waals surface area contributed by atoms with Crippen molar-refractivity contribution in [1.82, 2.24) is 0 Å². The van der Waals surface area contributed by atoms with Crippen LogP contribution in [0.2, 0.25) is 0 Å². The first kappa shape index (κ1) is 32.5. The second kappa shape index (κ2) is 19.6. The fraction of sp³-hybridized carbons (Fsp3) is 0.931. The van der Waals surface area contributed by atoms with Crippen molar-refractivity contribution in [2.24, 2.45) is 0 Å². The summed E-state index contributed by atoms with van der Waals surface area (Å²) < 4.78 is 32.4. The van der Waals surface area contributed by atoms with Gasteiger partial charge in [-0.25, -0.2) is 0 Å². The van der Waals surface area contributed by atoms with E-state index in [2.05, 4.69) is 41.2 Å². The fourth-order valence-electron chi connectivity index (χ4n) is 4.56. The maximum atomic E-state index is 12.3. The first-order valence-electron chi connectivity index (χ1n) is 14.5. The lowest BCUT2D eigenvalue weighted by Gasteiger charge is -2.54. The molecule has 0 bridgehead atoms. The number of unbranched alkanes of at least 4 members (excludes halogenated alkanes) is 5. The van der Waals surface area contributed by atoms with Gasteiger partial charge < -0.3 is 28.8 Å². The Labute approximate surface area is 216 Å². The molecule has 35 heavy (non-hydrogen) atoms. The first-order valence-corrected chi connectivity index (χ1v) is 14.5. The van der Waals surface area contributed by atoms with Crippen LogP contribution in [0.15, 0.2) is 12.7 Å². The van der Waals surface area contributed by atoms with Gasteiger partial charge in [0.05, 0.1) is 0 Å². The van der Waals surface area contributed by atoms with Gasteiger partial charge in [-0.05, 0) is 38.5 Å². The maximum absolute atomic E-state index is 12.3. The second-order valence-corrected chi connectivity index (χ2v) is 9.84. The van der Waals surface area contributed by atoms with Crippen LogP contribution >= 0.6 is 0 Å². The minimum absolute atomic E-state index is 0.337. The zero-order chi connectivity index (χ0) is 25.9. The van der Waals surface area contributed by atoms with Crippen molar-refractivity contribution in [3.8, 4) is 0 Å². The Balaban J connectivity index is 3.46. The van der Waals surface area contributed by atoms with Crippen molar-refractivity contribution < 1.29 is 28.8 Å². The molecule has 6 atom stereocenters. The molecule has 1 N–H and O–H groups in total. The summed E-state index contributed by atoms with van der Waals surface area (Å²) in [6.45, 7) is 17.6. The third-order valence-electron chi connectivity index (χ3n) is 6.72. The van der Waals surface area contributed by atoms with Crippen molar-refractivity contribution in [3.05, 3.63) is 12.7 Å². The highest BCUT2D eigenvalue weighted by Gasteiger charge is 2.61. The number of hydrogen-bond donors (Lipinski definition) is 1. The van der Waals surface area contributed by atoms with E-state index in [0.29, 0.717) is 39.5 Å². The third kappa shape index (κ3) is 10.4. The van der Waals surface area contributed by atoms with Gasteiger partial charge in [0.15, 0.2) is 0 Å². The first-order chi connectivity index (χ1) is 17.0. The van der Waals surface area contributed by atoms with Gasteiger partial charge in [0.25, 0.3) is 0 Å². The van der Waals surface area contributed by atoms with Gasteiger partial charge in [0.1, 0.15) is 36.1 Å². The molecule has 6 nitrogen and oxygen atoms in total. The molecule has 1 fully saturated rings. The van der Waals surface area contributed by atoms with Gasteiger partial charge >= 0.3 is 0 Å². The van der Waals surface area contributed by atoms with Crippen LogP contribution < -0.4 is 0 Å². The van der Waals surface area contributed by atoms with Gasteiger partial charge in [0, 0.05) is 33.0 Å². The number of aliphatic hydroxyl groups is 1. The molecule has 0 aromatic rings. The summed E-state index contributed by atoms with van der Waals surface area (Å²) >= 11 is 0. The van der Waals surface area contributed by atoms with Crippen LogP contribution in [0.25, 0.3) is 0 Å². The molecule has 1 aliphatic carbocycles. The lowest BCUT2D eigenvalue weighted by atomic mass is 9.72. The molecule has 0 amide bonds. The summed E-state index contributed by atoms with van der Waals surface area (Å²) in [7, 11) is 0. The van der Waals surface area contributed by atoms with E-state index in [0.717, 1.165) is 64.2 Å². The number of hydrogen-bond acceptors (Lipinski definition) is 6. The molecule has 1 rings (SSSR count). The van der Waals surface area contributed by atoms with Crippen molar-refractivity contribution in [3.63, 3.8) is 0 Å². The molecule has 0 aliphatic heterocycles. The van der Waals surface area contributed by atoms with Crippen LogP contribution in [0.4, 0.5) is 0 Å². The standard InChI is InChI=1S/C29H56O6/c1-7-13-19-31-24-25(32-20-14-8-2)27(34-22-16-10-4)29(30,18-12-6)28(35-23-17-11-5)26(24)33-21-15-9-3/h12,24-28,30H,6-11,13-23H2,1-5H3/t24-,25?,26?,27+,28?,29+/m1/s1. The fourth-order valence-corrected chi connectivity index (χ4v) is 4.56. The van der Waals surface area contributed by atoms with E-state index < -0.39 is 30.0 Å². The molecule has 0 aromatic heterocycles. The van der Waals surface area contributed by atoms with E-state index in [-0.39, 0.29) is 6.10 Å². The van der Waals surface area contributed by atoms with Gasteiger partial charge in [-0.15, -0.1) is 6.58 Å². The SMILES string of the molecule is C=CC[C@@]1(O)C(OCCCC)C(OCCCC)[C@H](OCCCC)C(OCCCC)[C@@H]1OCCCC. The molecule has 3 unspecified atom stereocenters. The number of ether oxygens (including phenoxy) is 5. The van der Waals surface area contributed by atoms with Crippen molar-refractivity contribution >= 4 is 0 Å². The molecule has 1 aliphatic rings. The Bertz CT molecular complexity index is 481. The van der Waals surface area contributed by atoms with Gasteiger partial charge in [-0.3, -0.25) is 0 Å². The second-order valence-electron chi connectivity index (χ2n) is 9.84. The van der Waals surface area contributed by atoms with Crippen LogP contribution in [0, 0.1) is 0 Å². The highest BCUT2D eigenvalue weighted by molar-refractivity contribution is 5.13. The van der Waals surface area contributed by atoms with Crippen LogP contribution in [0.1, 0.15) is 105 Å². The van der Waals surface area contributed by atoms with E-state index in [4.69, 9.17) is 23.7 Å². The lowest BCUT2D eigenvalue weighted by molar-refractivity contribution is -0.308.